The number of nitrogens with one attached hydrogen (secondary N) is 1. The van der Waals surface area contributed by atoms with Crippen molar-refractivity contribution in [2.45, 2.75) is 46.6 Å². The van der Waals surface area contributed by atoms with Crippen molar-refractivity contribution in [2.24, 2.45) is 0 Å². The summed E-state index contributed by atoms with van der Waals surface area (Å²) >= 11 is 0. The van der Waals surface area contributed by atoms with Crippen LogP contribution in [0.5, 0.6) is 0 Å². The summed E-state index contributed by atoms with van der Waals surface area (Å²) in [6.45, 7) is 17.2. The second-order valence-corrected chi connectivity index (χ2v) is 4.41. The molecule has 0 aromatic rings. The Morgan fingerprint density at radius 2 is 1.93 bits per heavy atom. The summed E-state index contributed by atoms with van der Waals surface area (Å²) in [6, 6.07) is 0.609. The molecule has 0 saturated carbocycles. The van der Waals surface area contributed by atoms with Gasteiger partial charge in [0.25, 0.3) is 0 Å². The van der Waals surface area contributed by atoms with E-state index < -0.39 is 0 Å². The predicted molar refractivity (Wildman–Crippen MR) is 69.3 cm³/mol. The molecule has 2 nitrogen and oxygen atoms in total. The zero-order valence-corrected chi connectivity index (χ0v) is 11.0. The van der Waals surface area contributed by atoms with Crippen molar-refractivity contribution in [3.05, 3.63) is 12.2 Å². The van der Waals surface area contributed by atoms with Crippen LogP contribution in [0.15, 0.2) is 12.2 Å². The van der Waals surface area contributed by atoms with E-state index >= 15 is 0 Å². The van der Waals surface area contributed by atoms with Crippen LogP contribution in [0.25, 0.3) is 0 Å². The number of nitrogens with zero attached hydrogens (tertiary/aromatic N) is 1. The van der Waals surface area contributed by atoms with E-state index in [4.69, 9.17) is 0 Å². The third-order valence-electron chi connectivity index (χ3n) is 2.76. The summed E-state index contributed by atoms with van der Waals surface area (Å²) in [7, 11) is 0. The standard InChI is InChI=1S/C13H28N2/c1-6-15(7-2)10-8-9-13(5)14-11-12(3)4/h13-14H,3,6-11H2,1-2,4-5H3. The molecular formula is C13H28N2. The van der Waals surface area contributed by atoms with Gasteiger partial charge < -0.3 is 10.2 Å². The largest absolute Gasteiger partial charge is 0.311 e. The molecule has 0 bridgehead atoms. The topological polar surface area (TPSA) is 15.3 Å². The third-order valence-corrected chi connectivity index (χ3v) is 2.76. The molecule has 0 radical (unpaired) electrons. The lowest BCUT2D eigenvalue weighted by atomic mass is 10.1. The zero-order valence-electron chi connectivity index (χ0n) is 11.0. The number of hydrogen-bond donors (Lipinski definition) is 1. The summed E-state index contributed by atoms with van der Waals surface area (Å²) in [5.41, 5.74) is 1.21. The SMILES string of the molecule is C=C(C)CNC(C)CCCN(CC)CC. The van der Waals surface area contributed by atoms with E-state index in [1.165, 1.54) is 38.0 Å². The Kier molecular flexibility index (Phi) is 8.73. The molecule has 2 heteroatoms. The normalized spacial score (nSPS) is 13.1. The van der Waals surface area contributed by atoms with Crippen LogP contribution in [0.3, 0.4) is 0 Å². The predicted octanol–water partition coefficient (Wildman–Crippen LogP) is 2.66. The highest BCUT2D eigenvalue weighted by Crippen LogP contribution is 2.00. The van der Waals surface area contributed by atoms with Crippen LogP contribution < -0.4 is 5.32 Å². The first kappa shape index (κ1) is 14.7. The summed E-state index contributed by atoms with van der Waals surface area (Å²) < 4.78 is 0. The van der Waals surface area contributed by atoms with Gasteiger partial charge in [-0.2, -0.15) is 0 Å². The van der Waals surface area contributed by atoms with E-state index in [-0.39, 0.29) is 0 Å². The number of rotatable bonds is 9. The zero-order chi connectivity index (χ0) is 11.7. The molecule has 0 saturated heterocycles. The Morgan fingerprint density at radius 1 is 1.33 bits per heavy atom. The first-order chi connectivity index (χ1) is 7.10. The molecule has 0 aliphatic heterocycles. The molecule has 0 aliphatic carbocycles. The highest BCUT2D eigenvalue weighted by atomic mass is 15.1. The van der Waals surface area contributed by atoms with Gasteiger partial charge in [0, 0.05) is 12.6 Å². The van der Waals surface area contributed by atoms with Crippen molar-refractivity contribution in [3.63, 3.8) is 0 Å². The van der Waals surface area contributed by atoms with Crippen LogP contribution in [-0.2, 0) is 0 Å². The highest BCUT2D eigenvalue weighted by Gasteiger charge is 2.03. The molecule has 0 spiro atoms. The van der Waals surface area contributed by atoms with Gasteiger partial charge >= 0.3 is 0 Å². The Bertz CT molecular complexity index is 162. The fourth-order valence-corrected chi connectivity index (χ4v) is 1.61. The highest BCUT2D eigenvalue weighted by molar-refractivity contribution is 4.91. The van der Waals surface area contributed by atoms with Gasteiger partial charge in [0.05, 0.1) is 0 Å². The van der Waals surface area contributed by atoms with E-state index in [2.05, 4.69) is 44.5 Å². The van der Waals surface area contributed by atoms with Gasteiger partial charge in [0.1, 0.15) is 0 Å². The summed E-state index contributed by atoms with van der Waals surface area (Å²) in [5, 5.41) is 3.47. The molecule has 0 aliphatic rings. The van der Waals surface area contributed by atoms with Crippen LogP contribution in [0.1, 0.15) is 40.5 Å². The Morgan fingerprint density at radius 3 is 2.40 bits per heavy atom. The molecule has 0 aromatic carbocycles. The molecule has 1 atom stereocenters. The van der Waals surface area contributed by atoms with Gasteiger partial charge in [-0.3, -0.25) is 0 Å². The second kappa shape index (κ2) is 8.93. The van der Waals surface area contributed by atoms with Crippen molar-refractivity contribution >= 4 is 0 Å². The first-order valence-electron chi connectivity index (χ1n) is 6.20. The average Bonchev–Trinajstić information content (AvgIpc) is 2.21. The van der Waals surface area contributed by atoms with Crippen molar-refractivity contribution in [1.29, 1.82) is 0 Å². The van der Waals surface area contributed by atoms with Crippen molar-refractivity contribution < 1.29 is 0 Å². The van der Waals surface area contributed by atoms with Crippen LogP contribution >= 0.6 is 0 Å². The Labute approximate surface area is 95.7 Å². The molecule has 0 aromatic heterocycles. The van der Waals surface area contributed by atoms with Crippen molar-refractivity contribution in [1.82, 2.24) is 10.2 Å². The van der Waals surface area contributed by atoms with Crippen LogP contribution in [-0.4, -0.2) is 37.1 Å². The van der Waals surface area contributed by atoms with E-state index in [1.54, 1.807) is 0 Å². The van der Waals surface area contributed by atoms with E-state index in [0.717, 1.165) is 6.54 Å². The van der Waals surface area contributed by atoms with Crippen molar-refractivity contribution in [2.75, 3.05) is 26.2 Å². The Hall–Kier alpha value is -0.340. The second-order valence-electron chi connectivity index (χ2n) is 4.41. The van der Waals surface area contributed by atoms with Gasteiger partial charge in [0.15, 0.2) is 0 Å². The van der Waals surface area contributed by atoms with Crippen LogP contribution in [0.4, 0.5) is 0 Å². The minimum absolute atomic E-state index is 0.609. The maximum absolute atomic E-state index is 3.89. The lowest BCUT2D eigenvalue weighted by Gasteiger charge is -2.19. The van der Waals surface area contributed by atoms with E-state index in [9.17, 15) is 0 Å². The molecule has 0 fully saturated rings. The Balaban J connectivity index is 3.45. The van der Waals surface area contributed by atoms with Gasteiger partial charge in [-0.1, -0.05) is 26.0 Å². The van der Waals surface area contributed by atoms with E-state index in [1.807, 2.05) is 0 Å². The minimum atomic E-state index is 0.609. The maximum atomic E-state index is 3.89. The molecule has 1 N–H and O–H groups in total. The fraction of sp³-hybridized carbons (Fsp3) is 0.846. The summed E-state index contributed by atoms with van der Waals surface area (Å²) in [6.07, 6.45) is 2.54. The first-order valence-corrected chi connectivity index (χ1v) is 6.20. The molecule has 1 unspecified atom stereocenters. The summed E-state index contributed by atoms with van der Waals surface area (Å²) in [4.78, 5) is 2.48. The van der Waals surface area contributed by atoms with E-state index in [0.29, 0.717) is 6.04 Å². The fourth-order valence-electron chi connectivity index (χ4n) is 1.61. The molecule has 90 valence electrons. The smallest absolute Gasteiger partial charge is 0.0161 e. The van der Waals surface area contributed by atoms with Gasteiger partial charge in [-0.25, -0.2) is 0 Å². The average molecular weight is 212 g/mol. The molecule has 0 amide bonds. The third kappa shape index (κ3) is 8.64. The van der Waals surface area contributed by atoms with Crippen LogP contribution in [0, 0.1) is 0 Å². The number of hydrogen-bond acceptors (Lipinski definition) is 2. The molecular weight excluding hydrogens is 184 g/mol. The summed E-state index contributed by atoms with van der Waals surface area (Å²) in [5.74, 6) is 0. The molecule has 0 rings (SSSR count). The van der Waals surface area contributed by atoms with Crippen molar-refractivity contribution in [3.8, 4) is 0 Å². The lowest BCUT2D eigenvalue weighted by Crippen LogP contribution is -2.29. The minimum Gasteiger partial charge on any atom is -0.311 e. The van der Waals surface area contributed by atoms with Gasteiger partial charge in [-0.15, -0.1) is 0 Å². The molecule has 15 heavy (non-hydrogen) atoms. The van der Waals surface area contributed by atoms with Gasteiger partial charge in [-0.05, 0) is 46.3 Å². The maximum Gasteiger partial charge on any atom is 0.0161 e. The lowest BCUT2D eigenvalue weighted by molar-refractivity contribution is 0.291. The van der Waals surface area contributed by atoms with Gasteiger partial charge in [0.2, 0.25) is 0 Å². The monoisotopic (exact) mass is 212 g/mol. The van der Waals surface area contributed by atoms with Crippen LogP contribution in [0.2, 0.25) is 0 Å². The molecule has 0 heterocycles. The quantitative estimate of drug-likeness (QED) is 0.591.